The standard InChI is InChI=1S/C12H27NO4/c1-4-11(13)9-15-10-12(16-6-3)17-8-7-14-5-2/h11-12H,4-10,13H2,1-3H3. The van der Waals surface area contributed by atoms with Crippen molar-refractivity contribution in [1.29, 1.82) is 0 Å². The average Bonchev–Trinajstić information content (AvgIpc) is 2.34. The van der Waals surface area contributed by atoms with Crippen molar-refractivity contribution in [3.8, 4) is 0 Å². The maximum Gasteiger partial charge on any atom is 0.180 e. The van der Waals surface area contributed by atoms with Crippen LogP contribution < -0.4 is 5.73 Å². The molecule has 0 spiro atoms. The van der Waals surface area contributed by atoms with E-state index in [1.165, 1.54) is 0 Å². The van der Waals surface area contributed by atoms with Crippen molar-refractivity contribution < 1.29 is 18.9 Å². The van der Waals surface area contributed by atoms with E-state index < -0.39 is 0 Å². The van der Waals surface area contributed by atoms with Gasteiger partial charge in [-0.25, -0.2) is 0 Å². The van der Waals surface area contributed by atoms with Crippen LogP contribution in [0.5, 0.6) is 0 Å². The van der Waals surface area contributed by atoms with Crippen LogP contribution in [0.25, 0.3) is 0 Å². The third-order valence-electron chi connectivity index (χ3n) is 2.20. The normalized spacial score (nSPS) is 14.8. The minimum Gasteiger partial charge on any atom is -0.379 e. The molecule has 0 aromatic heterocycles. The van der Waals surface area contributed by atoms with Gasteiger partial charge in [-0.2, -0.15) is 0 Å². The van der Waals surface area contributed by atoms with Crippen molar-refractivity contribution in [3.05, 3.63) is 0 Å². The van der Waals surface area contributed by atoms with Gasteiger partial charge in [-0.1, -0.05) is 6.92 Å². The molecule has 0 heterocycles. The van der Waals surface area contributed by atoms with Gasteiger partial charge in [0.1, 0.15) is 0 Å². The minimum absolute atomic E-state index is 0.0840. The molecule has 0 aliphatic rings. The molecule has 0 fully saturated rings. The Morgan fingerprint density at radius 2 is 1.65 bits per heavy atom. The minimum atomic E-state index is -0.329. The van der Waals surface area contributed by atoms with E-state index in [1.807, 2.05) is 20.8 Å². The predicted molar refractivity (Wildman–Crippen MR) is 66.9 cm³/mol. The van der Waals surface area contributed by atoms with E-state index in [9.17, 15) is 0 Å². The van der Waals surface area contributed by atoms with Gasteiger partial charge in [-0.05, 0) is 20.3 Å². The van der Waals surface area contributed by atoms with Gasteiger partial charge in [-0.3, -0.25) is 0 Å². The van der Waals surface area contributed by atoms with Crippen LogP contribution in [0, 0.1) is 0 Å². The van der Waals surface area contributed by atoms with Gasteiger partial charge < -0.3 is 24.7 Å². The van der Waals surface area contributed by atoms with Crippen molar-refractivity contribution in [2.75, 3.05) is 39.6 Å². The highest BCUT2D eigenvalue weighted by molar-refractivity contribution is 4.55. The Morgan fingerprint density at radius 1 is 0.882 bits per heavy atom. The second-order valence-corrected chi connectivity index (χ2v) is 3.66. The molecule has 104 valence electrons. The highest BCUT2D eigenvalue weighted by atomic mass is 16.7. The number of rotatable bonds is 12. The summed E-state index contributed by atoms with van der Waals surface area (Å²) >= 11 is 0. The molecule has 2 unspecified atom stereocenters. The average molecular weight is 249 g/mol. The van der Waals surface area contributed by atoms with Crippen LogP contribution in [-0.2, 0) is 18.9 Å². The lowest BCUT2D eigenvalue weighted by Crippen LogP contribution is -2.30. The topological polar surface area (TPSA) is 62.9 Å². The van der Waals surface area contributed by atoms with Crippen molar-refractivity contribution in [1.82, 2.24) is 0 Å². The third kappa shape index (κ3) is 10.7. The van der Waals surface area contributed by atoms with Gasteiger partial charge in [-0.15, -0.1) is 0 Å². The van der Waals surface area contributed by atoms with Gasteiger partial charge in [0, 0.05) is 19.3 Å². The summed E-state index contributed by atoms with van der Waals surface area (Å²) in [5.74, 6) is 0. The molecule has 17 heavy (non-hydrogen) atoms. The quantitative estimate of drug-likeness (QED) is 0.415. The summed E-state index contributed by atoms with van der Waals surface area (Å²) in [7, 11) is 0. The first-order valence-electron chi connectivity index (χ1n) is 6.38. The van der Waals surface area contributed by atoms with Gasteiger partial charge in [0.05, 0.1) is 26.4 Å². The van der Waals surface area contributed by atoms with Crippen LogP contribution in [-0.4, -0.2) is 52.0 Å². The molecule has 0 aromatic rings. The van der Waals surface area contributed by atoms with E-state index in [0.717, 1.165) is 6.42 Å². The SMILES string of the molecule is CCOCCOC(COCC(N)CC)OCC. The van der Waals surface area contributed by atoms with Crippen LogP contribution >= 0.6 is 0 Å². The summed E-state index contributed by atoms with van der Waals surface area (Å²) in [6.07, 6.45) is 0.578. The van der Waals surface area contributed by atoms with Crippen LogP contribution in [0.1, 0.15) is 27.2 Å². The summed E-state index contributed by atoms with van der Waals surface area (Å²) in [6.45, 7) is 9.25. The zero-order valence-electron chi connectivity index (χ0n) is 11.3. The van der Waals surface area contributed by atoms with Crippen LogP contribution in [0.4, 0.5) is 0 Å². The van der Waals surface area contributed by atoms with Crippen LogP contribution in [0.15, 0.2) is 0 Å². The molecule has 0 bridgehead atoms. The van der Waals surface area contributed by atoms with Gasteiger partial charge in [0.15, 0.2) is 6.29 Å². The molecule has 2 N–H and O–H groups in total. The number of hydrogen-bond acceptors (Lipinski definition) is 5. The lowest BCUT2D eigenvalue weighted by Gasteiger charge is -2.19. The first-order valence-corrected chi connectivity index (χ1v) is 6.38. The molecule has 0 radical (unpaired) electrons. The van der Waals surface area contributed by atoms with E-state index in [1.54, 1.807) is 0 Å². The van der Waals surface area contributed by atoms with Crippen molar-refractivity contribution in [2.45, 2.75) is 39.5 Å². The molecule has 0 aromatic carbocycles. The molecule has 0 amide bonds. The van der Waals surface area contributed by atoms with Crippen molar-refractivity contribution >= 4 is 0 Å². The lowest BCUT2D eigenvalue weighted by atomic mass is 10.3. The summed E-state index contributed by atoms with van der Waals surface area (Å²) in [6, 6.07) is 0.0840. The Labute approximate surface area is 105 Å². The number of nitrogens with two attached hydrogens (primary N) is 1. The molecule has 5 heteroatoms. The van der Waals surface area contributed by atoms with Gasteiger partial charge >= 0.3 is 0 Å². The summed E-state index contributed by atoms with van der Waals surface area (Å²) in [5, 5.41) is 0. The van der Waals surface area contributed by atoms with Gasteiger partial charge in [0.25, 0.3) is 0 Å². The first kappa shape index (κ1) is 16.8. The van der Waals surface area contributed by atoms with Crippen LogP contribution in [0.2, 0.25) is 0 Å². The largest absolute Gasteiger partial charge is 0.379 e. The van der Waals surface area contributed by atoms with E-state index in [4.69, 9.17) is 24.7 Å². The van der Waals surface area contributed by atoms with E-state index in [-0.39, 0.29) is 12.3 Å². The molecule has 2 atom stereocenters. The molecular formula is C12H27NO4. The fourth-order valence-electron chi connectivity index (χ4n) is 1.15. The van der Waals surface area contributed by atoms with E-state index in [0.29, 0.717) is 39.6 Å². The highest BCUT2D eigenvalue weighted by Gasteiger charge is 2.09. The van der Waals surface area contributed by atoms with Crippen molar-refractivity contribution in [2.24, 2.45) is 5.73 Å². The van der Waals surface area contributed by atoms with Gasteiger partial charge in [0.2, 0.25) is 0 Å². The highest BCUT2D eigenvalue weighted by Crippen LogP contribution is 1.98. The molecule has 5 nitrogen and oxygen atoms in total. The Morgan fingerprint density at radius 3 is 2.24 bits per heavy atom. The fraction of sp³-hybridized carbons (Fsp3) is 1.00. The van der Waals surface area contributed by atoms with E-state index >= 15 is 0 Å². The Hall–Kier alpha value is -0.200. The second kappa shape index (κ2) is 12.3. The molecular weight excluding hydrogens is 222 g/mol. The summed E-state index contributed by atoms with van der Waals surface area (Å²) in [5.41, 5.74) is 5.75. The smallest absolute Gasteiger partial charge is 0.180 e. The second-order valence-electron chi connectivity index (χ2n) is 3.66. The third-order valence-corrected chi connectivity index (χ3v) is 2.20. The Balaban J connectivity index is 3.59. The van der Waals surface area contributed by atoms with Crippen molar-refractivity contribution in [3.63, 3.8) is 0 Å². The Kier molecular flexibility index (Phi) is 12.1. The zero-order valence-corrected chi connectivity index (χ0v) is 11.3. The Bertz CT molecular complexity index is 157. The van der Waals surface area contributed by atoms with Crippen LogP contribution in [0.3, 0.4) is 0 Å². The lowest BCUT2D eigenvalue weighted by molar-refractivity contribution is -0.176. The van der Waals surface area contributed by atoms with E-state index in [2.05, 4.69) is 0 Å². The summed E-state index contributed by atoms with van der Waals surface area (Å²) in [4.78, 5) is 0. The zero-order chi connectivity index (χ0) is 12.9. The maximum absolute atomic E-state index is 5.75. The summed E-state index contributed by atoms with van der Waals surface area (Å²) < 4.78 is 21.5. The molecule has 0 saturated carbocycles. The number of hydrogen-bond donors (Lipinski definition) is 1. The fourth-order valence-corrected chi connectivity index (χ4v) is 1.15. The molecule has 0 aliphatic carbocycles. The monoisotopic (exact) mass is 249 g/mol. The maximum atomic E-state index is 5.75. The molecule has 0 saturated heterocycles. The molecule has 0 aliphatic heterocycles. The molecule has 0 rings (SSSR count). The number of ether oxygens (including phenoxy) is 4. The first-order chi connectivity index (χ1) is 8.24. The predicted octanol–water partition coefficient (Wildman–Crippen LogP) is 1.16.